The molecule has 0 N–H and O–H groups in total. The van der Waals surface area contributed by atoms with Crippen LogP contribution in [0.5, 0.6) is 0 Å². The molecule has 5 rings (SSSR count). The van der Waals surface area contributed by atoms with E-state index in [0.717, 1.165) is 67.1 Å². The van der Waals surface area contributed by atoms with E-state index in [9.17, 15) is 4.79 Å². The van der Waals surface area contributed by atoms with E-state index >= 15 is 0 Å². The number of piperazine rings is 1. The van der Waals surface area contributed by atoms with Crippen LogP contribution in [0.4, 0.5) is 5.82 Å². The van der Waals surface area contributed by atoms with Crippen molar-refractivity contribution in [3.63, 3.8) is 0 Å². The molecule has 0 unspecified atom stereocenters. The molecule has 3 heterocycles. The fourth-order valence-corrected chi connectivity index (χ4v) is 5.25. The Morgan fingerprint density at radius 1 is 0.947 bits per heavy atom. The van der Waals surface area contributed by atoms with Crippen LogP contribution in [0.3, 0.4) is 0 Å². The number of carbonyl (C=O) groups is 1. The number of hydrogen-bond donors (Lipinski definition) is 0. The third-order valence-electron chi connectivity index (χ3n) is 7.58. The van der Waals surface area contributed by atoms with Crippen molar-refractivity contribution in [3.8, 4) is 5.69 Å². The summed E-state index contributed by atoms with van der Waals surface area (Å²) in [7, 11) is 0. The van der Waals surface area contributed by atoms with Gasteiger partial charge in [-0.15, -0.1) is 0 Å². The summed E-state index contributed by atoms with van der Waals surface area (Å²) >= 11 is 0. The highest BCUT2D eigenvalue weighted by Crippen LogP contribution is 2.28. The number of amides is 1. The van der Waals surface area contributed by atoms with Crippen LogP contribution in [-0.4, -0.2) is 56.7 Å². The number of para-hydroxylation sites is 1. The van der Waals surface area contributed by atoms with Crippen LogP contribution >= 0.6 is 0 Å². The number of nitrogens with zero attached hydrogens (tertiary/aromatic N) is 6. The molecule has 7 heteroatoms. The van der Waals surface area contributed by atoms with Gasteiger partial charge in [-0.25, -0.2) is 14.6 Å². The fraction of sp³-hybridized carbons (Fsp3) is 0.419. The van der Waals surface area contributed by atoms with Gasteiger partial charge >= 0.3 is 0 Å². The van der Waals surface area contributed by atoms with Crippen LogP contribution in [0.2, 0.25) is 0 Å². The maximum Gasteiger partial charge on any atom is 0.225 e. The number of anilines is 1. The molecule has 0 radical (unpaired) electrons. The van der Waals surface area contributed by atoms with Gasteiger partial charge in [-0.1, -0.05) is 74.7 Å². The summed E-state index contributed by atoms with van der Waals surface area (Å²) in [6, 6.07) is 18.7. The highest BCUT2D eigenvalue weighted by Gasteiger charge is 2.28. The maximum atomic E-state index is 13.2. The number of hydrogen-bond acceptors (Lipinski definition) is 5. The zero-order valence-corrected chi connectivity index (χ0v) is 22.8. The number of aromatic nitrogens is 4. The van der Waals surface area contributed by atoms with Gasteiger partial charge in [-0.05, 0) is 37.5 Å². The first-order valence-electron chi connectivity index (χ1n) is 14.0. The zero-order valence-electron chi connectivity index (χ0n) is 22.8. The molecule has 7 nitrogen and oxygen atoms in total. The average Bonchev–Trinajstić information content (AvgIpc) is 3.39. The first-order chi connectivity index (χ1) is 18.6. The van der Waals surface area contributed by atoms with Crippen molar-refractivity contribution in [2.24, 2.45) is 5.92 Å². The normalized spacial score (nSPS) is 14.7. The molecule has 198 valence electrons. The highest BCUT2D eigenvalue weighted by atomic mass is 16.2. The predicted molar refractivity (Wildman–Crippen MR) is 153 cm³/mol. The first-order valence-corrected chi connectivity index (χ1v) is 14.0. The Morgan fingerprint density at radius 3 is 2.37 bits per heavy atom. The van der Waals surface area contributed by atoms with Crippen molar-refractivity contribution in [3.05, 3.63) is 77.7 Å². The molecular weight excluding hydrogens is 472 g/mol. The van der Waals surface area contributed by atoms with E-state index in [4.69, 9.17) is 15.1 Å². The van der Waals surface area contributed by atoms with E-state index in [1.165, 1.54) is 11.1 Å². The molecule has 0 aliphatic carbocycles. The lowest BCUT2D eigenvalue weighted by Gasteiger charge is -2.37. The number of aryl methyl sites for hydroxylation is 1. The monoisotopic (exact) mass is 510 g/mol. The molecule has 1 fully saturated rings. The summed E-state index contributed by atoms with van der Waals surface area (Å²) < 4.78 is 1.90. The quantitative estimate of drug-likeness (QED) is 0.294. The average molecular weight is 511 g/mol. The van der Waals surface area contributed by atoms with Gasteiger partial charge in [0, 0.05) is 38.5 Å². The summed E-state index contributed by atoms with van der Waals surface area (Å²) in [6.07, 6.45) is 6.66. The number of fused-ring (bicyclic) bond motifs is 1. The third-order valence-corrected chi connectivity index (χ3v) is 7.58. The van der Waals surface area contributed by atoms with Gasteiger partial charge in [0.15, 0.2) is 5.65 Å². The predicted octanol–water partition coefficient (Wildman–Crippen LogP) is 5.58. The standard InChI is InChI=1S/C31H38N6O/c1-4-6-10-25(5-2)31(38)36-19-17-35(18-20-36)29-27-22-32-37(26-11-8-7-9-12-26)30(27)34-28(33-29)21-24-15-13-23(3)14-16-24/h7-9,11-16,22,25H,4-6,10,17-21H2,1-3H3/t25-/m1/s1. The van der Waals surface area contributed by atoms with Gasteiger partial charge in [0.05, 0.1) is 17.3 Å². The Bertz CT molecular complexity index is 1360. The molecule has 0 bridgehead atoms. The van der Waals surface area contributed by atoms with Gasteiger partial charge in [-0.3, -0.25) is 4.79 Å². The van der Waals surface area contributed by atoms with Crippen molar-refractivity contribution in [1.29, 1.82) is 0 Å². The Kier molecular flexibility index (Phi) is 8.01. The third kappa shape index (κ3) is 5.57. The highest BCUT2D eigenvalue weighted by molar-refractivity contribution is 5.88. The number of rotatable bonds is 9. The Morgan fingerprint density at radius 2 is 1.68 bits per heavy atom. The smallest absolute Gasteiger partial charge is 0.225 e. The van der Waals surface area contributed by atoms with Crippen LogP contribution < -0.4 is 4.90 Å². The van der Waals surface area contributed by atoms with E-state index in [1.807, 2.05) is 41.2 Å². The molecule has 4 aromatic rings. The Labute approximate surface area is 225 Å². The lowest BCUT2D eigenvalue weighted by Crippen LogP contribution is -2.50. The summed E-state index contributed by atoms with van der Waals surface area (Å²) in [6.45, 7) is 9.35. The van der Waals surface area contributed by atoms with Crippen molar-refractivity contribution >= 4 is 22.8 Å². The molecule has 1 atom stereocenters. The number of benzene rings is 2. The van der Waals surface area contributed by atoms with E-state index in [1.54, 1.807) is 0 Å². The van der Waals surface area contributed by atoms with Crippen LogP contribution in [0, 0.1) is 12.8 Å². The molecule has 2 aromatic heterocycles. The molecule has 2 aromatic carbocycles. The lowest BCUT2D eigenvalue weighted by molar-refractivity contribution is -0.136. The van der Waals surface area contributed by atoms with Gasteiger partial charge < -0.3 is 9.80 Å². The molecule has 1 aliphatic rings. The number of unbranched alkanes of at least 4 members (excludes halogenated alkanes) is 1. The van der Waals surface area contributed by atoms with Crippen LogP contribution in [0.1, 0.15) is 56.5 Å². The molecule has 0 saturated carbocycles. The molecule has 1 aliphatic heterocycles. The van der Waals surface area contributed by atoms with E-state index in [-0.39, 0.29) is 5.92 Å². The van der Waals surface area contributed by atoms with Crippen LogP contribution in [0.15, 0.2) is 60.8 Å². The van der Waals surface area contributed by atoms with Gasteiger partial charge in [-0.2, -0.15) is 5.10 Å². The summed E-state index contributed by atoms with van der Waals surface area (Å²) in [5, 5.41) is 5.65. The molecule has 0 spiro atoms. The second kappa shape index (κ2) is 11.8. The second-order valence-electron chi connectivity index (χ2n) is 10.3. The van der Waals surface area contributed by atoms with Crippen molar-refractivity contribution in [2.45, 2.75) is 52.9 Å². The Hall–Kier alpha value is -3.74. The number of carbonyl (C=O) groups excluding carboxylic acids is 1. The van der Waals surface area contributed by atoms with E-state index in [0.29, 0.717) is 25.4 Å². The van der Waals surface area contributed by atoms with Crippen molar-refractivity contribution in [1.82, 2.24) is 24.6 Å². The van der Waals surface area contributed by atoms with Gasteiger partial charge in [0.2, 0.25) is 5.91 Å². The lowest BCUT2D eigenvalue weighted by atomic mass is 9.97. The first kappa shape index (κ1) is 25.9. The fourth-order valence-electron chi connectivity index (χ4n) is 5.25. The van der Waals surface area contributed by atoms with E-state index in [2.05, 4.69) is 54.8 Å². The topological polar surface area (TPSA) is 67.2 Å². The molecular formula is C31H38N6O. The van der Waals surface area contributed by atoms with Gasteiger partial charge in [0.1, 0.15) is 11.6 Å². The maximum absolute atomic E-state index is 13.2. The minimum absolute atomic E-state index is 0.137. The summed E-state index contributed by atoms with van der Waals surface area (Å²) in [4.78, 5) is 27.6. The Balaban J connectivity index is 1.44. The molecule has 1 amide bonds. The SMILES string of the molecule is CCCC[C@@H](CC)C(=O)N1CCN(c2nc(Cc3ccc(C)cc3)nc3c2cnn3-c2ccccc2)CC1. The second-order valence-corrected chi connectivity index (χ2v) is 10.3. The summed E-state index contributed by atoms with van der Waals surface area (Å²) in [5.74, 6) is 2.13. The van der Waals surface area contributed by atoms with E-state index < -0.39 is 0 Å². The van der Waals surface area contributed by atoms with Gasteiger partial charge in [0.25, 0.3) is 0 Å². The van der Waals surface area contributed by atoms with Crippen molar-refractivity contribution in [2.75, 3.05) is 31.1 Å². The molecule has 38 heavy (non-hydrogen) atoms. The van der Waals surface area contributed by atoms with Crippen LogP contribution in [-0.2, 0) is 11.2 Å². The largest absolute Gasteiger partial charge is 0.352 e. The molecule has 1 saturated heterocycles. The summed E-state index contributed by atoms with van der Waals surface area (Å²) in [5.41, 5.74) is 4.20. The van der Waals surface area contributed by atoms with Crippen LogP contribution in [0.25, 0.3) is 16.7 Å². The minimum Gasteiger partial charge on any atom is -0.352 e. The van der Waals surface area contributed by atoms with Crippen molar-refractivity contribution < 1.29 is 4.79 Å². The zero-order chi connectivity index (χ0) is 26.5. The minimum atomic E-state index is 0.137.